The highest BCUT2D eigenvalue weighted by Crippen LogP contribution is 2.44. The van der Waals surface area contributed by atoms with Gasteiger partial charge in [-0.15, -0.1) is 0 Å². The summed E-state index contributed by atoms with van der Waals surface area (Å²) >= 11 is 0. The number of nitrogens with one attached hydrogen (secondary N) is 2. The molecular formula is C31H41N3O3. The molecule has 4 atom stereocenters. The highest BCUT2D eigenvalue weighted by molar-refractivity contribution is 5.99. The fraction of sp³-hybridized carbons (Fsp3) is 0.548. The minimum absolute atomic E-state index is 0.0555. The Morgan fingerprint density at radius 2 is 2.00 bits per heavy atom. The Kier molecular flexibility index (Phi) is 8.14. The van der Waals surface area contributed by atoms with Gasteiger partial charge in [0.05, 0.1) is 30.2 Å². The molecule has 37 heavy (non-hydrogen) atoms. The van der Waals surface area contributed by atoms with E-state index in [1.165, 1.54) is 18.4 Å². The van der Waals surface area contributed by atoms with Gasteiger partial charge in [-0.1, -0.05) is 62.6 Å². The topological polar surface area (TPSA) is 70.7 Å². The quantitative estimate of drug-likeness (QED) is 0.454. The summed E-state index contributed by atoms with van der Waals surface area (Å²) in [7, 11) is 0. The van der Waals surface area contributed by atoms with Gasteiger partial charge in [0.2, 0.25) is 5.91 Å². The predicted molar refractivity (Wildman–Crippen MR) is 146 cm³/mol. The van der Waals surface area contributed by atoms with Gasteiger partial charge >= 0.3 is 0 Å². The lowest BCUT2D eigenvalue weighted by Gasteiger charge is -2.49. The van der Waals surface area contributed by atoms with E-state index >= 15 is 0 Å². The Hall–Kier alpha value is -2.86. The first-order valence-corrected chi connectivity index (χ1v) is 14.3. The number of unbranched alkanes of at least 4 members (excludes halogenated alkanes) is 3. The van der Waals surface area contributed by atoms with Crippen molar-refractivity contribution in [3.05, 3.63) is 64.7 Å². The molecular weight excluding hydrogens is 462 g/mol. The molecule has 0 bridgehead atoms. The van der Waals surface area contributed by atoms with Crippen LogP contribution in [0.25, 0.3) is 0 Å². The molecule has 2 N–H and O–H groups in total. The second-order valence-electron chi connectivity index (χ2n) is 10.9. The Morgan fingerprint density at radius 3 is 2.81 bits per heavy atom. The zero-order valence-electron chi connectivity index (χ0n) is 22.3. The van der Waals surface area contributed by atoms with E-state index in [1.807, 2.05) is 43.3 Å². The number of benzene rings is 2. The van der Waals surface area contributed by atoms with Crippen LogP contribution in [0.3, 0.4) is 0 Å². The molecule has 3 unspecified atom stereocenters. The first kappa shape index (κ1) is 25.8. The van der Waals surface area contributed by atoms with E-state index in [0.717, 1.165) is 62.7 Å². The number of nitrogens with zero attached hydrogens (tertiary/aromatic N) is 1. The van der Waals surface area contributed by atoms with Crippen molar-refractivity contribution in [2.75, 3.05) is 19.7 Å². The molecule has 2 fully saturated rings. The third kappa shape index (κ3) is 5.40. The van der Waals surface area contributed by atoms with E-state index in [-0.39, 0.29) is 35.9 Å². The average Bonchev–Trinajstić information content (AvgIpc) is 2.93. The van der Waals surface area contributed by atoms with Crippen molar-refractivity contribution in [3.63, 3.8) is 0 Å². The SMILES string of the molecule is CCCCCCOc1ccc2c(c1C(=O)N[C@H](C)c1ccccc1)C1CC3NCCCC3C(=O)N1CC2. The van der Waals surface area contributed by atoms with Crippen molar-refractivity contribution >= 4 is 11.8 Å². The maximum absolute atomic E-state index is 14.0. The van der Waals surface area contributed by atoms with Crippen LogP contribution in [0.4, 0.5) is 0 Å². The highest BCUT2D eigenvalue weighted by atomic mass is 16.5. The molecule has 2 saturated heterocycles. The fourth-order valence-corrected chi connectivity index (χ4v) is 6.41. The monoisotopic (exact) mass is 503 g/mol. The molecule has 0 aromatic heterocycles. The van der Waals surface area contributed by atoms with Crippen LogP contribution >= 0.6 is 0 Å². The number of rotatable bonds is 9. The summed E-state index contributed by atoms with van der Waals surface area (Å²) in [6.45, 7) is 6.48. The molecule has 6 heteroatoms. The van der Waals surface area contributed by atoms with Crippen LogP contribution in [-0.2, 0) is 11.2 Å². The number of amides is 2. The van der Waals surface area contributed by atoms with Crippen molar-refractivity contribution in [2.24, 2.45) is 5.92 Å². The summed E-state index contributed by atoms with van der Waals surface area (Å²) in [4.78, 5) is 29.6. The van der Waals surface area contributed by atoms with Crippen molar-refractivity contribution in [2.45, 2.75) is 83.3 Å². The molecule has 2 aromatic rings. The smallest absolute Gasteiger partial charge is 0.255 e. The number of hydrogen-bond acceptors (Lipinski definition) is 4. The predicted octanol–water partition coefficient (Wildman–Crippen LogP) is 5.33. The van der Waals surface area contributed by atoms with Crippen LogP contribution in [-0.4, -0.2) is 42.5 Å². The summed E-state index contributed by atoms with van der Waals surface area (Å²) in [5.74, 6) is 0.819. The van der Waals surface area contributed by atoms with E-state index in [9.17, 15) is 9.59 Å². The van der Waals surface area contributed by atoms with Gasteiger partial charge in [-0.2, -0.15) is 0 Å². The summed E-state index contributed by atoms with van der Waals surface area (Å²) in [5.41, 5.74) is 3.84. The number of carbonyl (C=O) groups excluding carboxylic acids is 2. The van der Waals surface area contributed by atoms with Crippen LogP contribution in [0.1, 0.15) is 97.9 Å². The Labute approximate surface area is 221 Å². The fourth-order valence-electron chi connectivity index (χ4n) is 6.41. The maximum atomic E-state index is 14.0. The molecule has 0 aliphatic carbocycles. The first-order chi connectivity index (χ1) is 18.1. The van der Waals surface area contributed by atoms with Crippen LogP contribution in [0.15, 0.2) is 42.5 Å². The largest absolute Gasteiger partial charge is 0.493 e. The Bertz CT molecular complexity index is 1100. The third-order valence-corrected chi connectivity index (χ3v) is 8.42. The van der Waals surface area contributed by atoms with Crippen LogP contribution in [0.2, 0.25) is 0 Å². The standard InChI is InChI=1S/C31H41N3O3/c1-3-4-5-9-19-37-27-15-14-23-16-18-34-26(20-25-24(31(34)36)13-10-17-32-25)28(23)29(27)30(35)33-21(2)22-11-7-6-8-12-22/h6-8,11-12,14-15,21,24-26,32H,3-5,9-10,13,16-20H2,1-2H3,(H,33,35)/t21-,24?,25?,26?/m1/s1. The molecule has 198 valence electrons. The first-order valence-electron chi connectivity index (χ1n) is 14.3. The van der Waals surface area contributed by atoms with Crippen LogP contribution in [0.5, 0.6) is 5.75 Å². The van der Waals surface area contributed by atoms with Gasteiger partial charge in [0, 0.05) is 12.6 Å². The molecule has 2 aromatic carbocycles. The van der Waals surface area contributed by atoms with Crippen molar-refractivity contribution in [3.8, 4) is 5.75 Å². The van der Waals surface area contributed by atoms with Gasteiger partial charge in [0.15, 0.2) is 0 Å². The number of hydrogen-bond donors (Lipinski definition) is 2. The molecule has 0 radical (unpaired) electrons. The minimum Gasteiger partial charge on any atom is -0.493 e. The lowest BCUT2D eigenvalue weighted by Crippen LogP contribution is -2.58. The molecule has 2 amide bonds. The number of ether oxygens (including phenoxy) is 1. The Morgan fingerprint density at radius 1 is 1.16 bits per heavy atom. The number of fused-ring (bicyclic) bond motifs is 4. The van der Waals surface area contributed by atoms with E-state index in [4.69, 9.17) is 4.74 Å². The third-order valence-electron chi connectivity index (χ3n) is 8.42. The van der Waals surface area contributed by atoms with Crippen molar-refractivity contribution < 1.29 is 14.3 Å². The maximum Gasteiger partial charge on any atom is 0.255 e. The molecule has 5 rings (SSSR count). The zero-order valence-corrected chi connectivity index (χ0v) is 22.3. The minimum atomic E-state index is -0.140. The van der Waals surface area contributed by atoms with E-state index < -0.39 is 0 Å². The van der Waals surface area contributed by atoms with Gasteiger partial charge in [-0.05, 0) is 68.3 Å². The molecule has 3 aliphatic rings. The van der Waals surface area contributed by atoms with Gasteiger partial charge in [0.1, 0.15) is 5.75 Å². The summed E-state index contributed by atoms with van der Waals surface area (Å²) in [5, 5.41) is 6.85. The zero-order chi connectivity index (χ0) is 25.8. The van der Waals surface area contributed by atoms with Crippen LogP contribution in [0, 0.1) is 5.92 Å². The van der Waals surface area contributed by atoms with E-state index in [1.54, 1.807) is 0 Å². The number of piperidine rings is 2. The van der Waals surface area contributed by atoms with Gasteiger partial charge in [0.25, 0.3) is 5.91 Å². The van der Waals surface area contributed by atoms with E-state index in [2.05, 4.69) is 28.5 Å². The lowest BCUT2D eigenvalue weighted by atomic mass is 9.75. The van der Waals surface area contributed by atoms with Gasteiger partial charge < -0.3 is 20.3 Å². The van der Waals surface area contributed by atoms with Crippen molar-refractivity contribution in [1.82, 2.24) is 15.5 Å². The molecule has 3 heterocycles. The molecule has 3 aliphatic heterocycles. The lowest BCUT2D eigenvalue weighted by molar-refractivity contribution is -0.145. The van der Waals surface area contributed by atoms with Gasteiger partial charge in [-0.25, -0.2) is 0 Å². The van der Waals surface area contributed by atoms with Gasteiger partial charge in [-0.3, -0.25) is 9.59 Å². The highest BCUT2D eigenvalue weighted by Gasteiger charge is 2.46. The average molecular weight is 504 g/mol. The molecule has 0 spiro atoms. The second kappa shape index (κ2) is 11.7. The van der Waals surface area contributed by atoms with Crippen molar-refractivity contribution in [1.29, 1.82) is 0 Å². The molecule has 0 saturated carbocycles. The normalized spacial score (nSPS) is 23.5. The Balaban J connectivity index is 1.48. The summed E-state index contributed by atoms with van der Waals surface area (Å²) < 4.78 is 6.29. The second-order valence-corrected chi connectivity index (χ2v) is 10.9. The summed E-state index contributed by atoms with van der Waals surface area (Å²) in [6.07, 6.45) is 8.06. The molecule has 6 nitrogen and oxygen atoms in total. The summed E-state index contributed by atoms with van der Waals surface area (Å²) in [6, 6.07) is 14.1. The van der Waals surface area contributed by atoms with E-state index in [0.29, 0.717) is 17.9 Å². The van der Waals surface area contributed by atoms with Crippen LogP contribution < -0.4 is 15.4 Å². The number of carbonyl (C=O) groups is 2.